The van der Waals surface area contributed by atoms with Crippen molar-refractivity contribution in [2.45, 2.75) is 503 Å². The summed E-state index contributed by atoms with van der Waals surface area (Å²) in [4.78, 5) is 73.4. The summed E-state index contributed by atoms with van der Waals surface area (Å²) in [5.74, 6) is -0.513. The molecule has 0 spiro atoms. The van der Waals surface area contributed by atoms with Crippen molar-refractivity contribution in [3.8, 4) is 0 Å². The normalized spacial score (nSPS) is 14.0. The molecule has 0 fully saturated rings. The van der Waals surface area contributed by atoms with Gasteiger partial charge in [0.05, 0.1) is 26.4 Å². The number of carbonyl (C=O) groups is 4. The van der Waals surface area contributed by atoms with Crippen LogP contribution in [0.15, 0.2) is 0 Å². The highest BCUT2D eigenvalue weighted by Crippen LogP contribution is 2.45. The van der Waals surface area contributed by atoms with Crippen LogP contribution in [0.25, 0.3) is 0 Å². The number of phosphoric acid groups is 2. The third-order valence-corrected chi connectivity index (χ3v) is 23.5. The van der Waals surface area contributed by atoms with Crippen LogP contribution in [-0.2, 0) is 65.4 Å². The van der Waals surface area contributed by atoms with Gasteiger partial charge in [-0.1, -0.05) is 433 Å². The summed E-state index contributed by atoms with van der Waals surface area (Å²) in [6, 6.07) is 0. The van der Waals surface area contributed by atoms with Crippen molar-refractivity contribution < 1.29 is 80.2 Å². The van der Waals surface area contributed by atoms with Gasteiger partial charge in [0.25, 0.3) is 0 Å². The molecule has 3 N–H and O–H groups in total. The molecule has 6 atom stereocenters. The summed E-state index contributed by atoms with van der Waals surface area (Å²) >= 11 is 0. The molecule has 0 bridgehead atoms. The smallest absolute Gasteiger partial charge is 0.462 e. The molecule has 0 saturated carbocycles. The molecule has 109 heavy (non-hydrogen) atoms. The van der Waals surface area contributed by atoms with E-state index in [2.05, 4.69) is 41.5 Å². The Balaban J connectivity index is 5.25. The molecule has 0 aromatic carbocycles. The summed E-state index contributed by atoms with van der Waals surface area (Å²) in [5.41, 5.74) is 0. The molecular weight excluding hydrogens is 1410 g/mol. The number of hydrogen-bond acceptors (Lipinski definition) is 15. The molecule has 3 unspecified atom stereocenters. The lowest BCUT2D eigenvalue weighted by molar-refractivity contribution is -0.161. The molecule has 0 radical (unpaired) electrons. The Morgan fingerprint density at radius 1 is 0.266 bits per heavy atom. The molecule has 0 aliphatic rings. The molecule has 0 rings (SSSR count). The van der Waals surface area contributed by atoms with Crippen molar-refractivity contribution in [2.24, 2.45) is 11.8 Å². The third-order valence-electron chi connectivity index (χ3n) is 21.6. The highest BCUT2D eigenvalue weighted by atomic mass is 31.2. The molecule has 0 aromatic rings. The van der Waals surface area contributed by atoms with Crippen LogP contribution in [0.5, 0.6) is 0 Å². The van der Waals surface area contributed by atoms with Gasteiger partial charge >= 0.3 is 39.5 Å². The van der Waals surface area contributed by atoms with Crippen molar-refractivity contribution in [1.29, 1.82) is 0 Å². The number of aliphatic hydroxyl groups is 1. The highest BCUT2D eigenvalue weighted by Gasteiger charge is 2.31. The highest BCUT2D eigenvalue weighted by molar-refractivity contribution is 7.47. The maximum Gasteiger partial charge on any atom is 0.472 e. The van der Waals surface area contributed by atoms with Gasteiger partial charge in [0, 0.05) is 25.7 Å². The fourth-order valence-electron chi connectivity index (χ4n) is 14.1. The Morgan fingerprint density at radius 2 is 0.468 bits per heavy atom. The Kier molecular flexibility index (Phi) is 79.8. The van der Waals surface area contributed by atoms with Gasteiger partial charge in [-0.15, -0.1) is 0 Å². The van der Waals surface area contributed by atoms with E-state index in [0.717, 1.165) is 102 Å². The average molecular weight is 1590 g/mol. The number of ether oxygens (including phenoxy) is 4. The first-order chi connectivity index (χ1) is 52.9. The summed E-state index contributed by atoms with van der Waals surface area (Å²) in [7, 11) is -9.94. The Labute approximate surface area is 670 Å². The van der Waals surface area contributed by atoms with Gasteiger partial charge in [0.15, 0.2) is 12.2 Å². The van der Waals surface area contributed by atoms with Gasteiger partial charge in [0.2, 0.25) is 0 Å². The predicted molar refractivity (Wildman–Crippen MR) is 451 cm³/mol. The molecule has 648 valence electrons. The van der Waals surface area contributed by atoms with E-state index in [1.54, 1.807) is 0 Å². The molecule has 0 aliphatic carbocycles. The van der Waals surface area contributed by atoms with Crippen molar-refractivity contribution in [1.82, 2.24) is 0 Å². The van der Waals surface area contributed by atoms with Gasteiger partial charge < -0.3 is 33.8 Å². The van der Waals surface area contributed by atoms with E-state index < -0.39 is 97.5 Å². The Bertz CT molecular complexity index is 2080. The SMILES string of the molecule is CCCCCCCCCCCCCCCCCCCCCCCCC(=O)O[C@H](COC(=O)CCCCCCCCCCCCCCCCCC(C)C)COP(=O)(O)OC[C@@H](O)COP(=O)(O)OC[C@@H](COC(=O)CCCCCCCCCCC(C)CC)OC(=O)CCCCCCCCCCCCCCCCCCC. The molecule has 0 aromatic heterocycles. The molecular formula is C90H176O17P2. The average Bonchev–Trinajstić information content (AvgIpc) is 1.51. The van der Waals surface area contributed by atoms with Gasteiger partial charge in [0.1, 0.15) is 19.3 Å². The lowest BCUT2D eigenvalue weighted by Gasteiger charge is -2.21. The molecule has 19 heteroatoms. The summed E-state index contributed by atoms with van der Waals surface area (Å²) in [5, 5.41) is 10.7. The first-order valence-corrected chi connectivity index (χ1v) is 49.5. The zero-order valence-corrected chi connectivity index (χ0v) is 73.7. The second-order valence-corrected chi connectivity index (χ2v) is 36.0. The van der Waals surface area contributed by atoms with Crippen molar-refractivity contribution in [2.75, 3.05) is 39.6 Å². The van der Waals surface area contributed by atoms with E-state index in [1.807, 2.05) is 0 Å². The van der Waals surface area contributed by atoms with Crippen LogP contribution in [-0.4, -0.2) is 96.7 Å². The van der Waals surface area contributed by atoms with Crippen LogP contribution in [0, 0.1) is 11.8 Å². The van der Waals surface area contributed by atoms with Crippen LogP contribution in [0.4, 0.5) is 0 Å². The third kappa shape index (κ3) is 82.4. The zero-order chi connectivity index (χ0) is 79.9. The largest absolute Gasteiger partial charge is 0.472 e. The molecule has 17 nitrogen and oxygen atoms in total. The number of carbonyl (C=O) groups excluding carboxylic acids is 4. The van der Waals surface area contributed by atoms with Gasteiger partial charge in [-0.2, -0.15) is 0 Å². The lowest BCUT2D eigenvalue weighted by Crippen LogP contribution is -2.30. The minimum atomic E-state index is -4.97. The van der Waals surface area contributed by atoms with Crippen LogP contribution in [0.2, 0.25) is 0 Å². The fraction of sp³-hybridized carbons (Fsp3) is 0.956. The standard InChI is InChI=1S/C90H176O17P2/c1-7-10-12-14-16-18-20-22-24-26-27-28-29-30-32-36-41-45-49-57-63-69-74-89(94)106-85(78-100-87(92)72-66-60-54-47-43-39-37-33-34-38-42-46-52-58-64-70-82(4)5)80-104-108(96,97)102-76-84(91)77-103-109(98,99)105-81-86(79-101-88(93)73-67-61-55-51-50-53-59-65-71-83(6)9-3)107-90(95)75-68-62-56-48-44-40-35-31-25-23-21-19-17-15-13-11-8-2/h82-86,91H,7-81H2,1-6H3,(H,96,97)(H,98,99)/t83?,84-,85-,86-/m1/s1. The summed E-state index contributed by atoms with van der Waals surface area (Å²) < 4.78 is 69.1. The Hall–Kier alpha value is -1.94. The molecule has 0 heterocycles. The van der Waals surface area contributed by atoms with Crippen LogP contribution in [0.3, 0.4) is 0 Å². The molecule has 0 saturated heterocycles. The predicted octanol–water partition coefficient (Wildman–Crippen LogP) is 27.8. The molecule has 0 aliphatic heterocycles. The second-order valence-electron chi connectivity index (χ2n) is 33.1. The number of esters is 4. The number of unbranched alkanes of at least 4 members (excludes halogenated alkanes) is 58. The van der Waals surface area contributed by atoms with E-state index in [4.69, 9.17) is 37.0 Å². The maximum atomic E-state index is 13.2. The topological polar surface area (TPSA) is 237 Å². The van der Waals surface area contributed by atoms with Crippen LogP contribution >= 0.6 is 15.6 Å². The minimum Gasteiger partial charge on any atom is -0.462 e. The first kappa shape index (κ1) is 107. The summed E-state index contributed by atoms with van der Waals surface area (Å²) in [6.07, 6.45) is 75.0. The van der Waals surface area contributed by atoms with E-state index >= 15 is 0 Å². The van der Waals surface area contributed by atoms with E-state index in [9.17, 15) is 43.2 Å². The van der Waals surface area contributed by atoms with Crippen LogP contribution < -0.4 is 0 Å². The van der Waals surface area contributed by atoms with Crippen molar-refractivity contribution in [3.05, 3.63) is 0 Å². The zero-order valence-electron chi connectivity index (χ0n) is 71.9. The number of hydrogen-bond donors (Lipinski definition) is 3. The van der Waals surface area contributed by atoms with Gasteiger partial charge in [-0.05, 0) is 37.5 Å². The number of aliphatic hydroxyl groups excluding tert-OH is 1. The fourth-order valence-corrected chi connectivity index (χ4v) is 15.7. The second kappa shape index (κ2) is 81.2. The maximum absolute atomic E-state index is 13.2. The number of rotatable bonds is 89. The van der Waals surface area contributed by atoms with Crippen LogP contribution in [0.1, 0.15) is 485 Å². The van der Waals surface area contributed by atoms with Gasteiger partial charge in [-0.3, -0.25) is 37.3 Å². The van der Waals surface area contributed by atoms with Crippen molar-refractivity contribution >= 4 is 39.5 Å². The molecule has 0 amide bonds. The monoisotopic (exact) mass is 1590 g/mol. The van der Waals surface area contributed by atoms with Crippen molar-refractivity contribution in [3.63, 3.8) is 0 Å². The lowest BCUT2D eigenvalue weighted by atomic mass is 9.99. The minimum absolute atomic E-state index is 0.108. The Morgan fingerprint density at radius 3 is 0.697 bits per heavy atom. The summed E-state index contributed by atoms with van der Waals surface area (Å²) in [6.45, 7) is 9.73. The quantitative estimate of drug-likeness (QED) is 0.0222. The number of phosphoric ester groups is 2. The van der Waals surface area contributed by atoms with E-state index in [-0.39, 0.29) is 25.7 Å². The van der Waals surface area contributed by atoms with E-state index in [1.165, 1.54) is 302 Å². The van der Waals surface area contributed by atoms with Gasteiger partial charge in [-0.25, -0.2) is 9.13 Å². The first-order valence-electron chi connectivity index (χ1n) is 46.5. The van der Waals surface area contributed by atoms with E-state index in [0.29, 0.717) is 25.7 Å².